The number of hydrogen-bond acceptors (Lipinski definition) is 6. The van der Waals surface area contributed by atoms with Gasteiger partial charge in [-0.2, -0.15) is 0 Å². The molecule has 1 saturated heterocycles. The predicted octanol–water partition coefficient (Wildman–Crippen LogP) is 3.16. The van der Waals surface area contributed by atoms with Crippen molar-refractivity contribution in [3.05, 3.63) is 65.4 Å². The van der Waals surface area contributed by atoms with E-state index in [9.17, 15) is 4.21 Å². The van der Waals surface area contributed by atoms with E-state index in [1.807, 2.05) is 24.4 Å². The molecule has 0 aliphatic carbocycles. The Morgan fingerprint density at radius 1 is 1.10 bits per heavy atom. The second-order valence-electron chi connectivity index (χ2n) is 8.16. The van der Waals surface area contributed by atoms with Crippen LogP contribution in [-0.4, -0.2) is 57.4 Å². The molecule has 3 aromatic rings. The number of methoxy groups -OCH3 is 1. The second-order valence-corrected chi connectivity index (χ2v) is 9.85. The molecule has 31 heavy (non-hydrogen) atoms. The summed E-state index contributed by atoms with van der Waals surface area (Å²) in [4.78, 5) is 9.36. The Labute approximate surface area is 185 Å². The lowest BCUT2D eigenvalue weighted by Gasteiger charge is -2.31. The van der Waals surface area contributed by atoms with Gasteiger partial charge < -0.3 is 9.47 Å². The van der Waals surface area contributed by atoms with Gasteiger partial charge in [-0.05, 0) is 35.4 Å². The van der Waals surface area contributed by atoms with Crippen molar-refractivity contribution >= 4 is 21.7 Å². The first-order valence-corrected chi connectivity index (χ1v) is 12.1. The molecule has 162 valence electrons. The van der Waals surface area contributed by atoms with Crippen LogP contribution in [0.15, 0.2) is 48.7 Å². The third-order valence-corrected chi connectivity index (χ3v) is 7.30. The number of hydrogen-bond donors (Lipinski definition) is 0. The van der Waals surface area contributed by atoms with E-state index in [4.69, 9.17) is 9.47 Å². The van der Waals surface area contributed by atoms with E-state index in [2.05, 4.69) is 39.0 Å². The van der Waals surface area contributed by atoms with Gasteiger partial charge in [-0.1, -0.05) is 18.2 Å². The van der Waals surface area contributed by atoms with E-state index in [-0.39, 0.29) is 0 Å². The summed E-state index contributed by atoms with van der Waals surface area (Å²) in [6.07, 6.45) is 1.84. The van der Waals surface area contributed by atoms with Crippen LogP contribution in [0.5, 0.6) is 11.5 Å². The molecule has 0 saturated carbocycles. The number of aromatic nitrogens is 1. The molecule has 2 aromatic carbocycles. The molecule has 0 N–H and O–H groups in total. The average Bonchev–Trinajstić information content (AvgIpc) is 2.81. The van der Waals surface area contributed by atoms with Crippen molar-refractivity contribution < 1.29 is 13.7 Å². The summed E-state index contributed by atoms with van der Waals surface area (Å²) < 4.78 is 23.2. The van der Waals surface area contributed by atoms with Gasteiger partial charge >= 0.3 is 0 Å². The number of fused-ring (bicyclic) bond motifs is 3. The van der Waals surface area contributed by atoms with Crippen molar-refractivity contribution in [2.45, 2.75) is 19.6 Å². The summed E-state index contributed by atoms with van der Waals surface area (Å²) in [5.74, 6) is 3.30. The fourth-order valence-electron chi connectivity index (χ4n) is 4.37. The Bertz CT molecular complexity index is 1090. The first-order chi connectivity index (χ1) is 15.2. The van der Waals surface area contributed by atoms with E-state index < -0.39 is 10.8 Å². The van der Waals surface area contributed by atoms with Crippen LogP contribution in [0, 0.1) is 0 Å². The maximum atomic E-state index is 11.7. The molecule has 2 aliphatic heterocycles. The van der Waals surface area contributed by atoms with Crippen LogP contribution in [-0.2, 0) is 30.4 Å². The molecular formula is C24H27N3O3S. The summed E-state index contributed by atoms with van der Waals surface area (Å²) in [5, 5.41) is 1.15. The summed E-state index contributed by atoms with van der Waals surface area (Å²) in [6.45, 7) is 4.80. The van der Waals surface area contributed by atoms with Gasteiger partial charge in [-0.25, -0.2) is 0 Å². The van der Waals surface area contributed by atoms with Crippen molar-refractivity contribution in [3.8, 4) is 11.5 Å². The lowest BCUT2D eigenvalue weighted by atomic mass is 10.0. The summed E-state index contributed by atoms with van der Waals surface area (Å²) in [5.41, 5.74) is 4.62. The third-order valence-electron chi connectivity index (χ3n) is 6.02. The molecule has 5 rings (SSSR count). The molecule has 0 bridgehead atoms. The first kappa shape index (κ1) is 20.4. The van der Waals surface area contributed by atoms with Gasteiger partial charge in [0.1, 0.15) is 18.0 Å². The fourth-order valence-corrected chi connectivity index (χ4v) is 5.50. The summed E-state index contributed by atoms with van der Waals surface area (Å²) in [6, 6.07) is 14.6. The van der Waals surface area contributed by atoms with E-state index in [1.54, 1.807) is 7.11 Å². The van der Waals surface area contributed by atoms with Crippen molar-refractivity contribution in [2.75, 3.05) is 38.4 Å². The first-order valence-electron chi connectivity index (χ1n) is 10.6. The quantitative estimate of drug-likeness (QED) is 0.611. The van der Waals surface area contributed by atoms with E-state index in [0.717, 1.165) is 66.6 Å². The monoisotopic (exact) mass is 437 g/mol. The van der Waals surface area contributed by atoms with Crippen LogP contribution >= 0.6 is 0 Å². The SMILES string of the molecule is COc1ccc(CN2COc3c(cc(CN4CCS(=O)CC4)c4cccnc34)C2)cc1. The Hall–Kier alpha value is -2.48. The Morgan fingerprint density at radius 2 is 1.90 bits per heavy atom. The number of nitrogens with zero attached hydrogens (tertiary/aromatic N) is 3. The molecule has 7 heteroatoms. The normalized spacial score (nSPS) is 18.0. The largest absolute Gasteiger partial charge is 0.497 e. The zero-order valence-corrected chi connectivity index (χ0v) is 18.6. The topological polar surface area (TPSA) is 54.9 Å². The number of rotatable bonds is 5. The minimum absolute atomic E-state index is 0.544. The molecule has 0 spiro atoms. The van der Waals surface area contributed by atoms with Crippen LogP contribution in [0.4, 0.5) is 0 Å². The van der Waals surface area contributed by atoms with E-state index in [1.165, 1.54) is 16.7 Å². The highest BCUT2D eigenvalue weighted by Crippen LogP contribution is 2.35. The molecule has 0 atom stereocenters. The average molecular weight is 438 g/mol. The van der Waals surface area contributed by atoms with Gasteiger partial charge in [0.05, 0.1) is 7.11 Å². The molecule has 2 aliphatic rings. The van der Waals surface area contributed by atoms with Crippen LogP contribution in [0.2, 0.25) is 0 Å². The lowest BCUT2D eigenvalue weighted by Crippen LogP contribution is -2.37. The molecule has 1 aromatic heterocycles. The molecule has 0 amide bonds. The van der Waals surface area contributed by atoms with Crippen LogP contribution in [0.1, 0.15) is 16.7 Å². The predicted molar refractivity (Wildman–Crippen MR) is 123 cm³/mol. The molecule has 6 nitrogen and oxygen atoms in total. The highest BCUT2D eigenvalue weighted by Gasteiger charge is 2.24. The van der Waals surface area contributed by atoms with Gasteiger partial charge in [-0.3, -0.25) is 19.0 Å². The third kappa shape index (κ3) is 4.44. The zero-order valence-electron chi connectivity index (χ0n) is 17.8. The van der Waals surface area contributed by atoms with Crippen molar-refractivity contribution in [1.82, 2.24) is 14.8 Å². The second kappa shape index (κ2) is 8.94. The van der Waals surface area contributed by atoms with Gasteiger partial charge in [0.25, 0.3) is 0 Å². The maximum Gasteiger partial charge on any atom is 0.152 e. The standard InChI is InChI=1S/C24H27N3O3S/c1-29-21-6-4-18(5-7-21)14-27-16-20-13-19(15-26-9-11-31(28)12-10-26)22-3-2-8-25-23(22)24(20)30-17-27/h2-8,13H,9-12,14-17H2,1H3. The van der Waals surface area contributed by atoms with Crippen molar-refractivity contribution in [3.63, 3.8) is 0 Å². The smallest absolute Gasteiger partial charge is 0.152 e. The van der Waals surface area contributed by atoms with Crippen molar-refractivity contribution in [1.29, 1.82) is 0 Å². The van der Waals surface area contributed by atoms with Crippen molar-refractivity contribution in [2.24, 2.45) is 0 Å². The van der Waals surface area contributed by atoms with Gasteiger partial charge in [0.15, 0.2) is 5.75 Å². The minimum Gasteiger partial charge on any atom is -0.497 e. The zero-order chi connectivity index (χ0) is 21.2. The number of ether oxygens (including phenoxy) is 2. The molecule has 3 heterocycles. The molecule has 1 fully saturated rings. The van der Waals surface area contributed by atoms with Crippen LogP contribution < -0.4 is 9.47 Å². The molecular weight excluding hydrogens is 410 g/mol. The Balaban J connectivity index is 1.40. The molecule has 0 unspecified atom stereocenters. The Morgan fingerprint density at radius 3 is 2.68 bits per heavy atom. The van der Waals surface area contributed by atoms with E-state index in [0.29, 0.717) is 6.73 Å². The van der Waals surface area contributed by atoms with E-state index >= 15 is 0 Å². The Kier molecular flexibility index (Phi) is 5.89. The minimum atomic E-state index is -0.663. The maximum absolute atomic E-state index is 11.7. The number of pyridine rings is 1. The van der Waals surface area contributed by atoms with Gasteiger partial charge in [0.2, 0.25) is 0 Å². The number of benzene rings is 2. The van der Waals surface area contributed by atoms with Gasteiger partial charge in [0, 0.05) is 72.2 Å². The highest BCUT2D eigenvalue weighted by molar-refractivity contribution is 7.85. The van der Waals surface area contributed by atoms with Crippen LogP contribution in [0.3, 0.4) is 0 Å². The highest BCUT2D eigenvalue weighted by atomic mass is 32.2. The van der Waals surface area contributed by atoms with Gasteiger partial charge in [-0.15, -0.1) is 0 Å². The van der Waals surface area contributed by atoms with Crippen LogP contribution in [0.25, 0.3) is 10.9 Å². The lowest BCUT2D eigenvalue weighted by molar-refractivity contribution is 0.0900. The summed E-state index contributed by atoms with van der Waals surface area (Å²) in [7, 11) is 1.02. The molecule has 0 radical (unpaired) electrons. The fraction of sp³-hybridized carbons (Fsp3) is 0.375. The summed E-state index contributed by atoms with van der Waals surface area (Å²) >= 11 is 0.